The zero-order valence-electron chi connectivity index (χ0n) is 14.3. The second-order valence-corrected chi connectivity index (χ2v) is 7.13. The van der Waals surface area contributed by atoms with Crippen LogP contribution in [0, 0.1) is 5.41 Å². The van der Waals surface area contributed by atoms with E-state index in [4.69, 9.17) is 16.6 Å². The molecule has 6 heteroatoms. The lowest BCUT2D eigenvalue weighted by molar-refractivity contribution is -0.126. The van der Waals surface area contributed by atoms with Gasteiger partial charge in [-0.1, -0.05) is 39.0 Å². The van der Waals surface area contributed by atoms with E-state index < -0.39 is 5.41 Å². The van der Waals surface area contributed by atoms with Crippen molar-refractivity contribution in [3.63, 3.8) is 0 Å². The normalized spacial score (nSPS) is 11.3. The molecule has 0 atom stereocenters. The molecule has 128 valence electrons. The first-order valence-electron chi connectivity index (χ1n) is 7.91. The maximum Gasteiger partial charge on any atom is 0.231 e. The number of aromatic nitrogens is 1. The van der Waals surface area contributed by atoms with E-state index in [0.717, 1.165) is 22.4 Å². The highest BCUT2D eigenvalue weighted by molar-refractivity contribution is 7.80. The first-order chi connectivity index (χ1) is 11.8. The van der Waals surface area contributed by atoms with Gasteiger partial charge in [-0.05, 0) is 42.5 Å². The number of rotatable bonds is 2. The molecule has 5 nitrogen and oxygen atoms in total. The molecule has 0 radical (unpaired) electrons. The first-order valence-corrected chi connectivity index (χ1v) is 8.32. The van der Waals surface area contributed by atoms with Gasteiger partial charge in [-0.3, -0.25) is 4.79 Å². The third-order valence-corrected chi connectivity index (χ3v) is 3.77. The van der Waals surface area contributed by atoms with E-state index in [1.807, 2.05) is 69.3 Å². The maximum atomic E-state index is 12.0. The number of carbonyl (C=O) groups excluding carboxylic acids is 1. The van der Waals surface area contributed by atoms with Gasteiger partial charge < -0.3 is 15.1 Å². The van der Waals surface area contributed by atoms with Gasteiger partial charge in [0.05, 0.1) is 0 Å². The Bertz CT molecular complexity index is 908. The lowest BCUT2D eigenvalue weighted by Crippen LogP contribution is -2.41. The lowest BCUT2D eigenvalue weighted by Gasteiger charge is -2.18. The maximum absolute atomic E-state index is 12.0. The Kier molecular flexibility index (Phi) is 4.55. The van der Waals surface area contributed by atoms with Crippen LogP contribution in [-0.2, 0) is 4.79 Å². The van der Waals surface area contributed by atoms with E-state index in [0.29, 0.717) is 5.89 Å². The van der Waals surface area contributed by atoms with Crippen molar-refractivity contribution in [1.82, 2.24) is 10.3 Å². The number of hydrogen-bond donors (Lipinski definition) is 2. The van der Waals surface area contributed by atoms with Crippen molar-refractivity contribution in [2.75, 3.05) is 5.32 Å². The molecule has 3 aromatic rings. The summed E-state index contributed by atoms with van der Waals surface area (Å²) in [6.07, 6.45) is 0. The van der Waals surface area contributed by atoms with E-state index in [-0.39, 0.29) is 11.0 Å². The van der Waals surface area contributed by atoms with Gasteiger partial charge in [0.15, 0.2) is 10.7 Å². The van der Waals surface area contributed by atoms with E-state index >= 15 is 0 Å². The largest absolute Gasteiger partial charge is 0.436 e. The van der Waals surface area contributed by atoms with Gasteiger partial charge in [0.1, 0.15) is 5.52 Å². The molecule has 0 bridgehead atoms. The average molecular weight is 353 g/mol. The molecular weight excluding hydrogens is 334 g/mol. The number of oxazole rings is 1. The van der Waals surface area contributed by atoms with Gasteiger partial charge in [0.25, 0.3) is 0 Å². The van der Waals surface area contributed by atoms with Crippen molar-refractivity contribution in [2.24, 2.45) is 5.41 Å². The molecule has 25 heavy (non-hydrogen) atoms. The van der Waals surface area contributed by atoms with Gasteiger partial charge in [0.2, 0.25) is 11.8 Å². The van der Waals surface area contributed by atoms with Crippen molar-refractivity contribution < 1.29 is 9.21 Å². The Morgan fingerprint density at radius 2 is 1.88 bits per heavy atom. The summed E-state index contributed by atoms with van der Waals surface area (Å²) in [5, 5.41) is 5.97. The number of fused-ring (bicyclic) bond motifs is 1. The average Bonchev–Trinajstić information content (AvgIpc) is 2.98. The van der Waals surface area contributed by atoms with Gasteiger partial charge in [-0.25, -0.2) is 4.98 Å². The van der Waals surface area contributed by atoms with Crippen molar-refractivity contribution >= 4 is 40.0 Å². The minimum Gasteiger partial charge on any atom is -0.436 e. The minimum absolute atomic E-state index is 0.139. The Hall–Kier alpha value is -2.73. The van der Waals surface area contributed by atoms with Crippen molar-refractivity contribution in [3.05, 3.63) is 48.5 Å². The highest BCUT2D eigenvalue weighted by atomic mass is 32.1. The summed E-state index contributed by atoms with van der Waals surface area (Å²) in [6, 6.07) is 15.1. The highest BCUT2D eigenvalue weighted by Gasteiger charge is 2.22. The second kappa shape index (κ2) is 6.64. The van der Waals surface area contributed by atoms with Crippen molar-refractivity contribution in [1.29, 1.82) is 0 Å². The number of thiocarbonyl (C=S) groups is 1. The van der Waals surface area contributed by atoms with Gasteiger partial charge in [-0.15, -0.1) is 0 Å². The SMILES string of the molecule is CC(C)(C)C(=O)NC(=S)Nc1cccc(-c2nc3ccccc3o2)c1. The number of nitrogens with zero attached hydrogens (tertiary/aromatic N) is 1. The Morgan fingerprint density at radius 3 is 2.60 bits per heavy atom. The topological polar surface area (TPSA) is 67.2 Å². The fourth-order valence-corrected chi connectivity index (χ4v) is 2.39. The van der Waals surface area contributed by atoms with Crippen LogP contribution in [0.15, 0.2) is 52.9 Å². The van der Waals surface area contributed by atoms with Gasteiger partial charge in [0, 0.05) is 16.7 Å². The zero-order chi connectivity index (χ0) is 18.0. The van der Waals surface area contributed by atoms with Crippen molar-refractivity contribution in [2.45, 2.75) is 20.8 Å². The predicted molar refractivity (Wildman–Crippen MR) is 103 cm³/mol. The molecule has 0 aliphatic carbocycles. The number of hydrogen-bond acceptors (Lipinski definition) is 4. The third kappa shape index (κ3) is 4.03. The molecular formula is C19H19N3O2S. The molecule has 0 saturated heterocycles. The molecule has 2 aromatic carbocycles. The molecule has 3 rings (SSSR count). The molecule has 1 heterocycles. The Morgan fingerprint density at radius 1 is 1.12 bits per heavy atom. The molecule has 0 aliphatic heterocycles. The van der Waals surface area contributed by atoms with E-state index in [9.17, 15) is 4.79 Å². The Labute approximate surface area is 151 Å². The van der Waals surface area contributed by atoms with E-state index in [2.05, 4.69) is 15.6 Å². The van der Waals surface area contributed by atoms with Crippen LogP contribution >= 0.6 is 12.2 Å². The van der Waals surface area contributed by atoms with Crippen LogP contribution in [0.25, 0.3) is 22.6 Å². The van der Waals surface area contributed by atoms with Crippen LogP contribution < -0.4 is 10.6 Å². The van der Waals surface area contributed by atoms with Gasteiger partial charge in [-0.2, -0.15) is 0 Å². The minimum atomic E-state index is -0.508. The zero-order valence-corrected chi connectivity index (χ0v) is 15.1. The summed E-state index contributed by atoms with van der Waals surface area (Å²) in [7, 11) is 0. The van der Waals surface area contributed by atoms with E-state index in [1.165, 1.54) is 0 Å². The summed E-state index contributed by atoms with van der Waals surface area (Å²) in [5.74, 6) is 0.398. The second-order valence-electron chi connectivity index (χ2n) is 6.73. The summed E-state index contributed by atoms with van der Waals surface area (Å²) in [4.78, 5) is 16.5. The standard InChI is InChI=1S/C19H19N3O2S/c1-19(2,3)17(23)22-18(25)20-13-8-6-7-12(11-13)16-21-14-9-4-5-10-15(14)24-16/h4-11H,1-3H3,(H2,20,22,23,25). The molecule has 0 fully saturated rings. The fourth-order valence-electron chi connectivity index (χ4n) is 2.18. The molecule has 1 amide bonds. The number of amides is 1. The summed E-state index contributed by atoms with van der Waals surface area (Å²) < 4.78 is 5.78. The van der Waals surface area contributed by atoms with Crippen LogP contribution in [0.5, 0.6) is 0 Å². The number of nitrogens with one attached hydrogen (secondary N) is 2. The van der Waals surface area contributed by atoms with Crippen LogP contribution in [0.1, 0.15) is 20.8 Å². The third-order valence-electron chi connectivity index (χ3n) is 3.57. The molecule has 2 N–H and O–H groups in total. The molecule has 0 spiro atoms. The van der Waals surface area contributed by atoms with Crippen molar-refractivity contribution in [3.8, 4) is 11.5 Å². The molecule has 0 unspecified atom stereocenters. The number of para-hydroxylation sites is 2. The molecule has 0 aliphatic rings. The van der Waals surface area contributed by atoms with Crippen LogP contribution in [0.4, 0.5) is 5.69 Å². The smallest absolute Gasteiger partial charge is 0.231 e. The number of benzene rings is 2. The number of anilines is 1. The van der Waals surface area contributed by atoms with E-state index in [1.54, 1.807) is 0 Å². The first kappa shape index (κ1) is 17.1. The van der Waals surface area contributed by atoms with Crippen LogP contribution in [0.3, 0.4) is 0 Å². The molecule has 0 saturated carbocycles. The number of carbonyl (C=O) groups is 1. The lowest BCUT2D eigenvalue weighted by atomic mass is 9.96. The summed E-state index contributed by atoms with van der Waals surface area (Å²) >= 11 is 5.21. The Balaban J connectivity index is 1.77. The fraction of sp³-hybridized carbons (Fsp3) is 0.211. The molecule has 1 aromatic heterocycles. The quantitative estimate of drug-likeness (QED) is 0.670. The predicted octanol–water partition coefficient (Wildman–Crippen LogP) is 4.35. The summed E-state index contributed by atoms with van der Waals surface area (Å²) in [5.41, 5.74) is 2.61. The van der Waals surface area contributed by atoms with Gasteiger partial charge >= 0.3 is 0 Å². The monoisotopic (exact) mass is 353 g/mol. The highest BCUT2D eigenvalue weighted by Crippen LogP contribution is 2.26. The summed E-state index contributed by atoms with van der Waals surface area (Å²) in [6.45, 7) is 5.50. The van der Waals surface area contributed by atoms with Crippen LogP contribution in [-0.4, -0.2) is 16.0 Å². The van der Waals surface area contributed by atoms with Crippen LogP contribution in [0.2, 0.25) is 0 Å².